The summed E-state index contributed by atoms with van der Waals surface area (Å²) in [7, 11) is 0. The van der Waals surface area contributed by atoms with Crippen LogP contribution in [0.15, 0.2) is 28.1 Å². The van der Waals surface area contributed by atoms with E-state index in [9.17, 15) is 10.2 Å². The van der Waals surface area contributed by atoms with Gasteiger partial charge < -0.3 is 21.7 Å². The van der Waals surface area contributed by atoms with Crippen molar-refractivity contribution in [3.63, 3.8) is 0 Å². The molecule has 0 radical (unpaired) electrons. The molecule has 0 aliphatic heterocycles. The summed E-state index contributed by atoms with van der Waals surface area (Å²) in [6.45, 7) is 0.0632. The van der Waals surface area contributed by atoms with Crippen molar-refractivity contribution < 1.29 is 10.2 Å². The standard InChI is InChI=1S/C9H13N3O2S/c10-9(11)12-4-7(14)5-1-2-8(15)6(13)3-5/h1-3,7,13-15H,4H2,(H4,10,11,12)/t7-/m0/s1. The van der Waals surface area contributed by atoms with E-state index in [4.69, 9.17) is 11.5 Å². The van der Waals surface area contributed by atoms with Gasteiger partial charge in [0.1, 0.15) is 5.75 Å². The van der Waals surface area contributed by atoms with Gasteiger partial charge in [-0.1, -0.05) is 6.07 Å². The van der Waals surface area contributed by atoms with E-state index in [1.807, 2.05) is 0 Å². The number of thiol groups is 1. The number of phenolic OH excluding ortho intramolecular Hbond substituents is 1. The third-order valence-electron chi connectivity index (χ3n) is 1.83. The molecule has 1 atom stereocenters. The van der Waals surface area contributed by atoms with Crippen LogP contribution in [0.5, 0.6) is 5.75 Å². The average molecular weight is 227 g/mol. The van der Waals surface area contributed by atoms with E-state index in [1.54, 1.807) is 12.1 Å². The molecule has 82 valence electrons. The van der Waals surface area contributed by atoms with Gasteiger partial charge >= 0.3 is 0 Å². The summed E-state index contributed by atoms with van der Waals surface area (Å²) in [6.07, 6.45) is -0.841. The fraction of sp³-hybridized carbons (Fsp3) is 0.222. The second-order valence-electron chi connectivity index (χ2n) is 3.03. The number of aliphatic hydroxyl groups excluding tert-OH is 1. The van der Waals surface area contributed by atoms with Crippen molar-refractivity contribution in [3.8, 4) is 5.75 Å². The minimum atomic E-state index is -0.841. The summed E-state index contributed by atoms with van der Waals surface area (Å²) in [5.74, 6) is -0.0660. The Kier molecular flexibility index (Phi) is 3.81. The van der Waals surface area contributed by atoms with Crippen LogP contribution in [0.2, 0.25) is 0 Å². The summed E-state index contributed by atoms with van der Waals surface area (Å²) in [5, 5.41) is 19.0. The lowest BCUT2D eigenvalue weighted by Gasteiger charge is -2.09. The molecule has 6 heteroatoms. The minimum absolute atomic E-state index is 0.0135. The number of nitrogens with two attached hydrogens (primary N) is 2. The van der Waals surface area contributed by atoms with E-state index < -0.39 is 6.10 Å². The van der Waals surface area contributed by atoms with E-state index >= 15 is 0 Å². The molecule has 5 nitrogen and oxygen atoms in total. The van der Waals surface area contributed by atoms with Gasteiger partial charge in [-0.3, -0.25) is 4.99 Å². The average Bonchev–Trinajstić information content (AvgIpc) is 2.18. The highest BCUT2D eigenvalue weighted by molar-refractivity contribution is 7.80. The highest BCUT2D eigenvalue weighted by atomic mass is 32.1. The fourth-order valence-electron chi connectivity index (χ4n) is 1.05. The van der Waals surface area contributed by atoms with Crippen molar-refractivity contribution >= 4 is 18.6 Å². The fourth-order valence-corrected chi connectivity index (χ4v) is 1.18. The zero-order valence-corrected chi connectivity index (χ0v) is 8.85. The van der Waals surface area contributed by atoms with E-state index in [0.717, 1.165) is 0 Å². The van der Waals surface area contributed by atoms with Crippen LogP contribution in [-0.2, 0) is 0 Å². The van der Waals surface area contributed by atoms with Crippen molar-refractivity contribution in [2.45, 2.75) is 11.0 Å². The van der Waals surface area contributed by atoms with E-state index in [1.165, 1.54) is 6.07 Å². The Morgan fingerprint density at radius 1 is 1.47 bits per heavy atom. The Morgan fingerprint density at radius 2 is 2.13 bits per heavy atom. The number of rotatable bonds is 3. The highest BCUT2D eigenvalue weighted by Crippen LogP contribution is 2.25. The lowest BCUT2D eigenvalue weighted by atomic mass is 10.1. The summed E-state index contributed by atoms with van der Waals surface area (Å²) in [4.78, 5) is 4.13. The van der Waals surface area contributed by atoms with E-state index in [2.05, 4.69) is 17.6 Å². The maximum Gasteiger partial charge on any atom is 0.186 e. The quantitative estimate of drug-likeness (QED) is 0.284. The molecular formula is C9H13N3O2S. The summed E-state index contributed by atoms with van der Waals surface area (Å²) < 4.78 is 0. The number of aliphatic imine (C=N–C) groups is 1. The third-order valence-corrected chi connectivity index (χ3v) is 2.21. The molecule has 1 aromatic rings. The smallest absolute Gasteiger partial charge is 0.186 e. The van der Waals surface area contributed by atoms with Crippen LogP contribution >= 0.6 is 12.6 Å². The van der Waals surface area contributed by atoms with Crippen LogP contribution in [0.25, 0.3) is 0 Å². The first-order chi connectivity index (χ1) is 7.00. The molecule has 0 bridgehead atoms. The van der Waals surface area contributed by atoms with Crippen molar-refractivity contribution in [1.29, 1.82) is 0 Å². The predicted octanol–water partition coefficient (Wildman–Crippen LogP) is -0.0123. The Bertz CT molecular complexity index is 378. The molecule has 0 amide bonds. The first-order valence-corrected chi connectivity index (χ1v) is 4.70. The Labute approximate surface area is 92.8 Å². The lowest BCUT2D eigenvalue weighted by molar-refractivity contribution is 0.186. The molecule has 1 aromatic carbocycles. The van der Waals surface area contributed by atoms with Gasteiger partial charge in [-0.25, -0.2) is 0 Å². The van der Waals surface area contributed by atoms with Crippen molar-refractivity contribution in [1.82, 2.24) is 0 Å². The number of aliphatic hydroxyl groups is 1. The number of hydrogen-bond acceptors (Lipinski definition) is 4. The molecule has 0 aliphatic carbocycles. The first-order valence-electron chi connectivity index (χ1n) is 4.26. The van der Waals surface area contributed by atoms with Crippen molar-refractivity contribution in [3.05, 3.63) is 23.8 Å². The Hall–Kier alpha value is -1.40. The maximum atomic E-state index is 9.63. The second kappa shape index (κ2) is 4.90. The largest absolute Gasteiger partial charge is 0.507 e. The minimum Gasteiger partial charge on any atom is -0.507 e. The Morgan fingerprint density at radius 3 is 2.67 bits per heavy atom. The Balaban J connectivity index is 2.78. The van der Waals surface area contributed by atoms with E-state index in [0.29, 0.717) is 10.5 Å². The van der Waals surface area contributed by atoms with Crippen LogP contribution in [0.1, 0.15) is 11.7 Å². The predicted molar refractivity (Wildman–Crippen MR) is 61.0 cm³/mol. The first kappa shape index (κ1) is 11.7. The molecule has 0 aliphatic rings. The van der Waals surface area contributed by atoms with Crippen LogP contribution in [0, 0.1) is 0 Å². The topological polar surface area (TPSA) is 105 Å². The number of benzene rings is 1. The molecule has 0 spiro atoms. The summed E-state index contributed by atoms with van der Waals surface area (Å²) in [6, 6.07) is 4.66. The molecule has 0 heterocycles. The van der Waals surface area contributed by atoms with Crippen LogP contribution in [-0.4, -0.2) is 22.7 Å². The monoisotopic (exact) mass is 227 g/mol. The van der Waals surface area contributed by atoms with Crippen molar-refractivity contribution in [2.75, 3.05) is 6.54 Å². The second-order valence-corrected chi connectivity index (χ2v) is 3.51. The number of phenols is 1. The van der Waals surface area contributed by atoms with Gasteiger partial charge in [0.2, 0.25) is 0 Å². The van der Waals surface area contributed by atoms with Crippen LogP contribution < -0.4 is 11.5 Å². The van der Waals surface area contributed by atoms with Gasteiger partial charge in [-0.2, -0.15) is 0 Å². The van der Waals surface area contributed by atoms with Crippen LogP contribution in [0.3, 0.4) is 0 Å². The van der Waals surface area contributed by atoms with Gasteiger partial charge in [0.05, 0.1) is 12.6 Å². The van der Waals surface area contributed by atoms with Gasteiger partial charge in [0.15, 0.2) is 5.96 Å². The highest BCUT2D eigenvalue weighted by Gasteiger charge is 2.08. The number of nitrogens with zero attached hydrogens (tertiary/aromatic N) is 1. The summed E-state index contributed by atoms with van der Waals surface area (Å²) in [5.41, 5.74) is 10.8. The SMILES string of the molecule is NC(N)=NC[C@H](O)c1ccc(S)c(O)c1. The summed E-state index contributed by atoms with van der Waals surface area (Å²) >= 11 is 4.00. The molecular weight excluding hydrogens is 214 g/mol. The molecule has 6 N–H and O–H groups in total. The van der Waals surface area contributed by atoms with Gasteiger partial charge in [-0.15, -0.1) is 12.6 Å². The molecule has 15 heavy (non-hydrogen) atoms. The van der Waals surface area contributed by atoms with E-state index in [-0.39, 0.29) is 18.3 Å². The lowest BCUT2D eigenvalue weighted by Crippen LogP contribution is -2.23. The van der Waals surface area contributed by atoms with Crippen LogP contribution in [0.4, 0.5) is 0 Å². The molecule has 0 aromatic heterocycles. The maximum absolute atomic E-state index is 9.63. The molecule has 0 unspecified atom stereocenters. The molecule has 1 rings (SSSR count). The number of guanidine groups is 1. The van der Waals surface area contributed by atoms with Gasteiger partial charge in [0.25, 0.3) is 0 Å². The zero-order valence-electron chi connectivity index (χ0n) is 7.96. The van der Waals surface area contributed by atoms with Crippen molar-refractivity contribution in [2.24, 2.45) is 16.5 Å². The zero-order chi connectivity index (χ0) is 11.4. The number of aromatic hydroxyl groups is 1. The number of hydrogen-bond donors (Lipinski definition) is 5. The third kappa shape index (κ3) is 3.34. The van der Waals surface area contributed by atoms with Gasteiger partial charge in [0, 0.05) is 4.90 Å². The van der Waals surface area contributed by atoms with Gasteiger partial charge in [-0.05, 0) is 17.7 Å². The molecule has 0 saturated heterocycles. The molecule has 0 fully saturated rings. The normalized spacial score (nSPS) is 12.1. The molecule has 0 saturated carbocycles.